The number of ether oxygens (including phenoxy) is 1. The fourth-order valence-electron chi connectivity index (χ4n) is 2.21. The van der Waals surface area contributed by atoms with Gasteiger partial charge < -0.3 is 4.74 Å². The summed E-state index contributed by atoms with van der Waals surface area (Å²) in [4.78, 5) is 0. The first-order chi connectivity index (χ1) is 10.9. The third-order valence-electron chi connectivity index (χ3n) is 3.50. The molecule has 0 spiro atoms. The highest BCUT2D eigenvalue weighted by atomic mass is 35.5. The molecular formula is C17H20ClNO3S. The van der Waals surface area contributed by atoms with E-state index in [0.717, 1.165) is 16.7 Å². The summed E-state index contributed by atoms with van der Waals surface area (Å²) in [5.41, 5.74) is 2.60. The van der Waals surface area contributed by atoms with Gasteiger partial charge in [0.25, 0.3) is 0 Å². The van der Waals surface area contributed by atoms with Crippen molar-refractivity contribution in [3.05, 3.63) is 70.2 Å². The average molecular weight is 354 g/mol. The van der Waals surface area contributed by atoms with Gasteiger partial charge in [-0.25, -0.2) is 13.1 Å². The van der Waals surface area contributed by atoms with Crippen molar-refractivity contribution in [2.45, 2.75) is 18.8 Å². The molecule has 1 unspecified atom stereocenters. The van der Waals surface area contributed by atoms with E-state index in [2.05, 4.69) is 4.72 Å². The molecule has 2 rings (SSSR count). The van der Waals surface area contributed by atoms with Crippen LogP contribution in [0.15, 0.2) is 48.5 Å². The molecule has 23 heavy (non-hydrogen) atoms. The first kappa shape index (κ1) is 17.9. The molecule has 0 saturated heterocycles. The molecule has 0 radical (unpaired) electrons. The van der Waals surface area contributed by atoms with Crippen LogP contribution >= 0.6 is 11.6 Å². The lowest BCUT2D eigenvalue weighted by Crippen LogP contribution is -2.30. The van der Waals surface area contributed by atoms with Gasteiger partial charge in [0.05, 0.1) is 11.9 Å². The summed E-state index contributed by atoms with van der Waals surface area (Å²) in [5.74, 6) is -0.0633. The van der Waals surface area contributed by atoms with Gasteiger partial charge in [0.1, 0.15) is 0 Å². The molecule has 1 atom stereocenters. The van der Waals surface area contributed by atoms with Crippen LogP contribution in [0.25, 0.3) is 0 Å². The molecule has 0 aromatic heterocycles. The second kappa shape index (κ2) is 7.93. The number of aryl methyl sites for hydroxylation is 1. The fourth-order valence-corrected chi connectivity index (χ4v) is 3.61. The molecule has 124 valence electrons. The number of benzene rings is 2. The quantitative estimate of drug-likeness (QED) is 0.829. The summed E-state index contributed by atoms with van der Waals surface area (Å²) in [7, 11) is -1.92. The predicted octanol–water partition coefficient (Wildman–Crippen LogP) is 3.46. The van der Waals surface area contributed by atoms with Gasteiger partial charge in [-0.05, 0) is 18.6 Å². The smallest absolute Gasteiger partial charge is 0.215 e. The van der Waals surface area contributed by atoms with Crippen LogP contribution in [0, 0.1) is 6.92 Å². The minimum absolute atomic E-state index is 0.0633. The highest BCUT2D eigenvalue weighted by molar-refractivity contribution is 7.88. The lowest BCUT2D eigenvalue weighted by Gasteiger charge is -2.18. The maximum Gasteiger partial charge on any atom is 0.215 e. The number of hydrogen-bond donors (Lipinski definition) is 1. The van der Waals surface area contributed by atoms with Crippen LogP contribution in [-0.2, 0) is 20.5 Å². The summed E-state index contributed by atoms with van der Waals surface area (Å²) >= 11 is 6.14. The average Bonchev–Trinajstić information content (AvgIpc) is 2.51. The second-order valence-corrected chi connectivity index (χ2v) is 7.55. The standard InChI is InChI=1S/C17H20ClNO3S/c1-13-7-9-14(10-8-13)12-23(20,21)19-11-17(22-2)15-5-3-4-6-16(15)18/h3-10,17,19H,11-12H2,1-2H3. The third-order valence-corrected chi connectivity index (χ3v) is 5.17. The fraction of sp³-hybridized carbons (Fsp3) is 0.294. The van der Waals surface area contributed by atoms with Crippen molar-refractivity contribution in [2.24, 2.45) is 0 Å². The lowest BCUT2D eigenvalue weighted by atomic mass is 10.1. The molecule has 2 aromatic carbocycles. The van der Waals surface area contributed by atoms with Crippen LogP contribution in [0.3, 0.4) is 0 Å². The Bertz CT molecular complexity index is 745. The number of hydrogen-bond acceptors (Lipinski definition) is 3. The van der Waals surface area contributed by atoms with Crippen molar-refractivity contribution >= 4 is 21.6 Å². The zero-order valence-corrected chi connectivity index (χ0v) is 14.7. The van der Waals surface area contributed by atoms with Crippen LogP contribution in [0.2, 0.25) is 5.02 Å². The van der Waals surface area contributed by atoms with Crippen molar-refractivity contribution in [2.75, 3.05) is 13.7 Å². The van der Waals surface area contributed by atoms with Gasteiger partial charge in [-0.2, -0.15) is 0 Å². The Morgan fingerprint density at radius 2 is 1.78 bits per heavy atom. The minimum Gasteiger partial charge on any atom is -0.375 e. The Morgan fingerprint density at radius 1 is 1.13 bits per heavy atom. The predicted molar refractivity (Wildman–Crippen MR) is 93.0 cm³/mol. The molecule has 6 heteroatoms. The van der Waals surface area contributed by atoms with Crippen LogP contribution in [-0.4, -0.2) is 22.1 Å². The maximum absolute atomic E-state index is 12.2. The number of halogens is 1. The van der Waals surface area contributed by atoms with Gasteiger partial charge in [0, 0.05) is 24.2 Å². The van der Waals surface area contributed by atoms with Crippen molar-refractivity contribution in [1.82, 2.24) is 4.72 Å². The van der Waals surface area contributed by atoms with E-state index in [0.29, 0.717) is 5.02 Å². The summed E-state index contributed by atoms with van der Waals surface area (Å²) in [6, 6.07) is 14.7. The van der Waals surface area contributed by atoms with Gasteiger partial charge >= 0.3 is 0 Å². The second-order valence-electron chi connectivity index (χ2n) is 5.34. The third kappa shape index (κ3) is 5.32. The highest BCUT2D eigenvalue weighted by Crippen LogP contribution is 2.24. The summed E-state index contributed by atoms with van der Waals surface area (Å²) in [6.45, 7) is 2.09. The van der Waals surface area contributed by atoms with Gasteiger partial charge in [0.2, 0.25) is 10.0 Å². The molecule has 0 aliphatic heterocycles. The lowest BCUT2D eigenvalue weighted by molar-refractivity contribution is 0.107. The molecule has 4 nitrogen and oxygen atoms in total. The molecule has 1 N–H and O–H groups in total. The molecule has 0 aliphatic carbocycles. The largest absolute Gasteiger partial charge is 0.375 e. The SMILES string of the molecule is COC(CNS(=O)(=O)Cc1ccc(C)cc1)c1ccccc1Cl. The zero-order valence-electron chi connectivity index (χ0n) is 13.1. The molecule has 0 saturated carbocycles. The first-order valence-electron chi connectivity index (χ1n) is 7.21. The van der Waals surface area contributed by atoms with Crippen LogP contribution in [0.5, 0.6) is 0 Å². The monoisotopic (exact) mass is 353 g/mol. The normalized spacial score (nSPS) is 13.0. The maximum atomic E-state index is 12.2. The first-order valence-corrected chi connectivity index (χ1v) is 9.24. The number of sulfonamides is 1. The summed E-state index contributed by atoms with van der Waals surface area (Å²) in [6.07, 6.45) is -0.434. The van der Waals surface area contributed by atoms with E-state index in [1.807, 2.05) is 49.4 Å². The molecule has 0 amide bonds. The van der Waals surface area contributed by atoms with Crippen molar-refractivity contribution in [3.63, 3.8) is 0 Å². The van der Waals surface area contributed by atoms with Crippen molar-refractivity contribution < 1.29 is 13.2 Å². The Morgan fingerprint density at radius 3 is 2.39 bits per heavy atom. The Hall–Kier alpha value is -1.40. The summed E-state index contributed by atoms with van der Waals surface area (Å²) < 4.78 is 32.4. The van der Waals surface area contributed by atoms with E-state index < -0.39 is 16.1 Å². The number of methoxy groups -OCH3 is 1. The van der Waals surface area contributed by atoms with Crippen molar-refractivity contribution in [3.8, 4) is 0 Å². The van der Waals surface area contributed by atoms with E-state index >= 15 is 0 Å². The minimum atomic E-state index is -3.45. The van der Waals surface area contributed by atoms with E-state index in [4.69, 9.17) is 16.3 Å². The molecule has 0 fully saturated rings. The molecule has 2 aromatic rings. The van der Waals surface area contributed by atoms with Crippen LogP contribution < -0.4 is 4.72 Å². The Labute approximate surface area is 142 Å². The molecule has 0 heterocycles. The van der Waals surface area contributed by atoms with Gasteiger partial charge in [-0.3, -0.25) is 0 Å². The van der Waals surface area contributed by atoms with Gasteiger partial charge in [0.15, 0.2) is 0 Å². The zero-order chi connectivity index (χ0) is 16.9. The van der Waals surface area contributed by atoms with E-state index in [1.54, 1.807) is 6.07 Å². The molecule has 0 aliphatic rings. The van der Waals surface area contributed by atoms with Gasteiger partial charge in [-0.15, -0.1) is 0 Å². The van der Waals surface area contributed by atoms with E-state index in [1.165, 1.54) is 7.11 Å². The van der Waals surface area contributed by atoms with Gasteiger partial charge in [-0.1, -0.05) is 59.6 Å². The Balaban J connectivity index is 2.02. The van der Waals surface area contributed by atoms with Crippen molar-refractivity contribution in [1.29, 1.82) is 0 Å². The molecule has 0 bridgehead atoms. The van der Waals surface area contributed by atoms with E-state index in [9.17, 15) is 8.42 Å². The van der Waals surface area contributed by atoms with Crippen LogP contribution in [0.1, 0.15) is 22.8 Å². The molecular weight excluding hydrogens is 334 g/mol. The number of nitrogens with one attached hydrogen (secondary N) is 1. The topological polar surface area (TPSA) is 55.4 Å². The van der Waals surface area contributed by atoms with Crippen LogP contribution in [0.4, 0.5) is 0 Å². The Kier molecular flexibility index (Phi) is 6.18. The highest BCUT2D eigenvalue weighted by Gasteiger charge is 2.18. The number of rotatable bonds is 7. The van der Waals surface area contributed by atoms with E-state index in [-0.39, 0.29) is 12.3 Å². The summed E-state index contributed by atoms with van der Waals surface area (Å²) in [5, 5.41) is 0.553.